The Morgan fingerprint density at radius 1 is 0.417 bits per heavy atom. The molecule has 0 aliphatic heterocycles. The smallest absolute Gasteiger partial charge is 0.100 e. The quantitative estimate of drug-likeness (QED) is 0.691. The highest BCUT2D eigenvalue weighted by Gasteiger charge is 2.23. The summed E-state index contributed by atoms with van der Waals surface area (Å²) in [5.41, 5.74) is 12.2. The van der Waals surface area contributed by atoms with Gasteiger partial charge in [-0.15, -0.1) is 0 Å². The molecule has 122 valence electrons. The molecular formula is C22H24N2. The van der Waals surface area contributed by atoms with Gasteiger partial charge in [-0.1, -0.05) is 0 Å². The molecule has 0 atom stereocenters. The van der Waals surface area contributed by atoms with Gasteiger partial charge >= 0.3 is 0 Å². The van der Waals surface area contributed by atoms with Gasteiger partial charge < -0.3 is 0 Å². The van der Waals surface area contributed by atoms with Crippen LogP contribution in [0.1, 0.15) is 55.6 Å². The van der Waals surface area contributed by atoms with Crippen molar-refractivity contribution in [3.05, 3.63) is 55.6 Å². The van der Waals surface area contributed by atoms with Crippen LogP contribution in [0, 0.1) is 78.1 Å². The fourth-order valence-corrected chi connectivity index (χ4v) is 3.56. The van der Waals surface area contributed by atoms with Crippen LogP contribution in [0.2, 0.25) is 0 Å². The molecule has 0 unspecified atom stereocenters. The van der Waals surface area contributed by atoms with E-state index in [-0.39, 0.29) is 0 Å². The standard InChI is InChI=1S/C22H24N2/c1-11-12(2)17(7)21(18(8)13(11)3)22-19(9-23)15(5)14(4)16(6)20(22)10-24/h1-8H3. The molecule has 2 aromatic carbocycles. The van der Waals surface area contributed by atoms with E-state index in [9.17, 15) is 10.5 Å². The molecule has 0 bridgehead atoms. The van der Waals surface area contributed by atoms with Crippen LogP contribution in [-0.2, 0) is 0 Å². The molecule has 0 aliphatic carbocycles. The normalized spacial score (nSPS) is 10.4. The largest absolute Gasteiger partial charge is 0.192 e. The molecule has 0 radical (unpaired) electrons. The Hall–Kier alpha value is -2.58. The van der Waals surface area contributed by atoms with Crippen molar-refractivity contribution in [1.29, 1.82) is 10.5 Å². The third-order valence-corrected chi connectivity index (χ3v) is 5.85. The molecule has 2 nitrogen and oxygen atoms in total. The average Bonchev–Trinajstić information content (AvgIpc) is 2.57. The van der Waals surface area contributed by atoms with Crippen molar-refractivity contribution < 1.29 is 0 Å². The Bertz CT molecular complexity index is 878. The van der Waals surface area contributed by atoms with Crippen molar-refractivity contribution in [3.8, 4) is 23.3 Å². The molecule has 0 saturated heterocycles. The van der Waals surface area contributed by atoms with E-state index in [0.29, 0.717) is 11.1 Å². The highest BCUT2D eigenvalue weighted by atomic mass is 14.3. The summed E-state index contributed by atoms with van der Waals surface area (Å²) in [4.78, 5) is 0. The second kappa shape index (κ2) is 6.14. The van der Waals surface area contributed by atoms with Crippen LogP contribution in [0.3, 0.4) is 0 Å². The number of nitriles is 2. The van der Waals surface area contributed by atoms with E-state index in [2.05, 4.69) is 46.8 Å². The summed E-state index contributed by atoms with van der Waals surface area (Å²) >= 11 is 0. The molecule has 0 aromatic heterocycles. The molecule has 0 N–H and O–H groups in total. The molecule has 0 saturated carbocycles. The van der Waals surface area contributed by atoms with Gasteiger partial charge in [0.2, 0.25) is 0 Å². The van der Waals surface area contributed by atoms with Crippen LogP contribution in [0.25, 0.3) is 11.1 Å². The first kappa shape index (κ1) is 17.8. The maximum Gasteiger partial charge on any atom is 0.100 e. The van der Waals surface area contributed by atoms with Crippen LogP contribution in [0.15, 0.2) is 0 Å². The molecule has 0 aliphatic rings. The number of rotatable bonds is 1. The first-order valence-corrected chi connectivity index (χ1v) is 8.20. The maximum absolute atomic E-state index is 9.81. The summed E-state index contributed by atoms with van der Waals surface area (Å²) in [6.07, 6.45) is 0. The van der Waals surface area contributed by atoms with Crippen molar-refractivity contribution >= 4 is 0 Å². The predicted octanol–water partition coefficient (Wildman–Crippen LogP) is 5.56. The monoisotopic (exact) mass is 316 g/mol. The van der Waals surface area contributed by atoms with Crippen LogP contribution < -0.4 is 0 Å². The van der Waals surface area contributed by atoms with Gasteiger partial charge in [0.1, 0.15) is 12.1 Å². The van der Waals surface area contributed by atoms with Gasteiger partial charge in [0, 0.05) is 5.56 Å². The second-order valence-corrected chi connectivity index (χ2v) is 6.72. The Morgan fingerprint density at radius 2 is 0.708 bits per heavy atom. The zero-order valence-corrected chi connectivity index (χ0v) is 15.9. The third kappa shape index (κ3) is 2.31. The molecule has 0 spiro atoms. The van der Waals surface area contributed by atoms with E-state index >= 15 is 0 Å². The van der Waals surface area contributed by atoms with Gasteiger partial charge in [-0.25, -0.2) is 0 Å². The van der Waals surface area contributed by atoms with Gasteiger partial charge in [0.25, 0.3) is 0 Å². The van der Waals surface area contributed by atoms with Gasteiger partial charge in [-0.05, 0) is 105 Å². The van der Waals surface area contributed by atoms with E-state index in [1.54, 1.807) is 0 Å². The molecule has 0 amide bonds. The predicted molar refractivity (Wildman–Crippen MR) is 99.2 cm³/mol. The Morgan fingerprint density at radius 3 is 1.04 bits per heavy atom. The summed E-state index contributed by atoms with van der Waals surface area (Å²) in [6.45, 7) is 16.5. The highest BCUT2D eigenvalue weighted by Crippen LogP contribution is 2.40. The molecule has 2 rings (SSSR count). The minimum atomic E-state index is 0.628. The molecule has 2 heteroatoms. The van der Waals surface area contributed by atoms with Crippen molar-refractivity contribution in [2.45, 2.75) is 55.4 Å². The zero-order chi connectivity index (χ0) is 18.3. The van der Waals surface area contributed by atoms with Crippen molar-refractivity contribution in [1.82, 2.24) is 0 Å². The first-order chi connectivity index (χ1) is 11.2. The highest BCUT2D eigenvalue weighted by molar-refractivity contribution is 5.85. The first-order valence-electron chi connectivity index (χ1n) is 8.20. The van der Waals surface area contributed by atoms with Gasteiger partial charge in [0.15, 0.2) is 0 Å². The number of hydrogen-bond donors (Lipinski definition) is 0. The van der Waals surface area contributed by atoms with Crippen LogP contribution in [-0.4, -0.2) is 0 Å². The Balaban J connectivity index is 3.17. The molecule has 2 aromatic rings. The van der Waals surface area contributed by atoms with Crippen molar-refractivity contribution in [2.24, 2.45) is 0 Å². The fourth-order valence-electron chi connectivity index (χ4n) is 3.56. The number of hydrogen-bond acceptors (Lipinski definition) is 2. The summed E-state index contributed by atoms with van der Waals surface area (Å²) in [5, 5.41) is 19.6. The third-order valence-electron chi connectivity index (χ3n) is 5.85. The van der Waals surface area contributed by atoms with E-state index in [1.165, 1.54) is 16.7 Å². The topological polar surface area (TPSA) is 47.6 Å². The van der Waals surface area contributed by atoms with E-state index < -0.39 is 0 Å². The van der Waals surface area contributed by atoms with E-state index in [1.807, 2.05) is 20.8 Å². The lowest BCUT2D eigenvalue weighted by molar-refractivity contribution is 1.16. The van der Waals surface area contributed by atoms with Gasteiger partial charge in [-0.3, -0.25) is 0 Å². The summed E-state index contributed by atoms with van der Waals surface area (Å²) in [7, 11) is 0. The minimum absolute atomic E-state index is 0.628. The summed E-state index contributed by atoms with van der Waals surface area (Å²) in [5.74, 6) is 0. The summed E-state index contributed by atoms with van der Waals surface area (Å²) in [6, 6.07) is 4.72. The average molecular weight is 316 g/mol. The van der Waals surface area contributed by atoms with Crippen molar-refractivity contribution in [3.63, 3.8) is 0 Å². The zero-order valence-electron chi connectivity index (χ0n) is 15.9. The Labute approximate surface area is 145 Å². The van der Waals surface area contributed by atoms with E-state index in [0.717, 1.165) is 38.9 Å². The lowest BCUT2D eigenvalue weighted by Gasteiger charge is -2.23. The fraction of sp³-hybridized carbons (Fsp3) is 0.364. The molecule has 0 heterocycles. The summed E-state index contributed by atoms with van der Waals surface area (Å²) < 4.78 is 0. The molecule has 24 heavy (non-hydrogen) atoms. The molecule has 0 fully saturated rings. The SMILES string of the molecule is Cc1c(C)c(C)c(-c2c(C#N)c(C)c(C)c(C)c2C#N)c(C)c1C. The van der Waals surface area contributed by atoms with E-state index in [4.69, 9.17) is 0 Å². The maximum atomic E-state index is 9.81. The van der Waals surface area contributed by atoms with Gasteiger partial charge in [-0.2, -0.15) is 10.5 Å². The van der Waals surface area contributed by atoms with Crippen LogP contribution >= 0.6 is 0 Å². The minimum Gasteiger partial charge on any atom is -0.192 e. The van der Waals surface area contributed by atoms with Crippen molar-refractivity contribution in [2.75, 3.05) is 0 Å². The number of nitrogens with zero attached hydrogens (tertiary/aromatic N) is 2. The lowest BCUT2D eigenvalue weighted by atomic mass is 9.80. The molecular weight excluding hydrogens is 292 g/mol. The Kier molecular flexibility index (Phi) is 4.54. The second-order valence-electron chi connectivity index (χ2n) is 6.72. The number of benzene rings is 2. The van der Waals surface area contributed by atoms with Gasteiger partial charge in [0.05, 0.1) is 11.1 Å². The lowest BCUT2D eigenvalue weighted by Crippen LogP contribution is -2.06. The van der Waals surface area contributed by atoms with Crippen LogP contribution in [0.4, 0.5) is 0 Å². The van der Waals surface area contributed by atoms with Crippen LogP contribution in [0.5, 0.6) is 0 Å².